The average Bonchev–Trinajstić information content (AvgIpc) is 2.72. The molecule has 1 aromatic heterocycles. The molecule has 0 radical (unpaired) electrons. The highest BCUT2D eigenvalue weighted by atomic mass is 16.5. The molecule has 2 rings (SSSR count). The minimum absolute atomic E-state index is 0.478. The van der Waals surface area contributed by atoms with Crippen LogP contribution in [-0.2, 0) is 0 Å². The normalized spacial score (nSPS) is 20.5. The number of aryl methyl sites for hydroxylation is 2. The van der Waals surface area contributed by atoms with Crippen molar-refractivity contribution in [3.8, 4) is 5.88 Å². The van der Waals surface area contributed by atoms with Crippen molar-refractivity contribution in [2.75, 3.05) is 13.2 Å². The van der Waals surface area contributed by atoms with Crippen LogP contribution in [0.3, 0.4) is 0 Å². The lowest BCUT2D eigenvalue weighted by atomic mass is 10.2. The Morgan fingerprint density at radius 2 is 2.40 bits per heavy atom. The summed E-state index contributed by atoms with van der Waals surface area (Å²) in [6.45, 7) is 5.64. The van der Waals surface area contributed by atoms with E-state index in [1.165, 1.54) is 12.8 Å². The minimum Gasteiger partial charge on any atom is -0.475 e. The van der Waals surface area contributed by atoms with Gasteiger partial charge in [0.25, 0.3) is 0 Å². The van der Waals surface area contributed by atoms with E-state index in [4.69, 9.17) is 4.74 Å². The summed E-state index contributed by atoms with van der Waals surface area (Å²) in [6, 6.07) is 0.478. The van der Waals surface area contributed by atoms with Crippen LogP contribution >= 0.6 is 0 Å². The Morgan fingerprint density at radius 1 is 1.53 bits per heavy atom. The molecule has 0 amide bonds. The predicted octanol–water partition coefficient (Wildman–Crippen LogP) is 1.22. The van der Waals surface area contributed by atoms with E-state index in [0.717, 1.165) is 17.9 Å². The van der Waals surface area contributed by atoms with Crippen LogP contribution in [0.1, 0.15) is 24.2 Å². The maximum Gasteiger partial charge on any atom is 0.235 e. The SMILES string of the molecule is Cc1cnc(C)c(OCC2CCCN2)n1. The van der Waals surface area contributed by atoms with Crippen LogP contribution in [0.2, 0.25) is 0 Å². The average molecular weight is 207 g/mol. The van der Waals surface area contributed by atoms with Gasteiger partial charge in [-0.15, -0.1) is 0 Å². The monoisotopic (exact) mass is 207 g/mol. The van der Waals surface area contributed by atoms with Gasteiger partial charge in [0, 0.05) is 12.2 Å². The summed E-state index contributed by atoms with van der Waals surface area (Å²) >= 11 is 0. The maximum atomic E-state index is 5.67. The van der Waals surface area contributed by atoms with Crippen LogP contribution in [0.15, 0.2) is 6.20 Å². The second kappa shape index (κ2) is 4.57. The number of hydrogen-bond acceptors (Lipinski definition) is 4. The van der Waals surface area contributed by atoms with Crippen molar-refractivity contribution in [1.29, 1.82) is 0 Å². The van der Waals surface area contributed by atoms with Gasteiger partial charge in [0.05, 0.1) is 11.4 Å². The van der Waals surface area contributed by atoms with E-state index in [1.54, 1.807) is 6.20 Å². The van der Waals surface area contributed by atoms with Crippen LogP contribution in [0.4, 0.5) is 0 Å². The van der Waals surface area contributed by atoms with Crippen molar-refractivity contribution in [3.05, 3.63) is 17.6 Å². The van der Waals surface area contributed by atoms with Gasteiger partial charge < -0.3 is 10.1 Å². The van der Waals surface area contributed by atoms with Gasteiger partial charge in [-0.1, -0.05) is 0 Å². The summed E-state index contributed by atoms with van der Waals surface area (Å²) in [6.07, 6.45) is 4.20. The van der Waals surface area contributed by atoms with E-state index in [1.807, 2.05) is 13.8 Å². The Labute approximate surface area is 90.1 Å². The van der Waals surface area contributed by atoms with Gasteiger partial charge in [0.2, 0.25) is 5.88 Å². The van der Waals surface area contributed by atoms with Crippen molar-refractivity contribution in [1.82, 2.24) is 15.3 Å². The summed E-state index contributed by atoms with van der Waals surface area (Å²) in [5, 5.41) is 3.39. The number of nitrogens with zero attached hydrogens (tertiary/aromatic N) is 2. The predicted molar refractivity (Wildman–Crippen MR) is 58.0 cm³/mol. The number of ether oxygens (including phenoxy) is 1. The van der Waals surface area contributed by atoms with Crippen LogP contribution in [-0.4, -0.2) is 29.2 Å². The molecule has 1 unspecified atom stereocenters. The zero-order valence-electron chi connectivity index (χ0n) is 9.29. The second-order valence-corrected chi connectivity index (χ2v) is 4.01. The van der Waals surface area contributed by atoms with Gasteiger partial charge in [-0.25, -0.2) is 4.98 Å². The van der Waals surface area contributed by atoms with Gasteiger partial charge in [-0.2, -0.15) is 0 Å². The van der Waals surface area contributed by atoms with Gasteiger partial charge in [0.15, 0.2) is 0 Å². The number of hydrogen-bond donors (Lipinski definition) is 1. The zero-order valence-corrected chi connectivity index (χ0v) is 9.29. The third kappa shape index (κ3) is 2.65. The van der Waals surface area contributed by atoms with Crippen molar-refractivity contribution in [3.63, 3.8) is 0 Å². The molecule has 82 valence electrons. The fourth-order valence-corrected chi connectivity index (χ4v) is 1.73. The molecule has 4 nitrogen and oxygen atoms in total. The van der Waals surface area contributed by atoms with E-state index in [-0.39, 0.29) is 0 Å². The van der Waals surface area contributed by atoms with E-state index in [2.05, 4.69) is 15.3 Å². The quantitative estimate of drug-likeness (QED) is 0.809. The molecular weight excluding hydrogens is 190 g/mol. The number of aromatic nitrogens is 2. The highest BCUT2D eigenvalue weighted by Gasteiger charge is 2.15. The van der Waals surface area contributed by atoms with Crippen LogP contribution in [0.5, 0.6) is 5.88 Å². The Hall–Kier alpha value is -1.16. The minimum atomic E-state index is 0.478. The molecule has 0 aliphatic carbocycles. The van der Waals surface area contributed by atoms with E-state index < -0.39 is 0 Å². The first-order valence-corrected chi connectivity index (χ1v) is 5.42. The van der Waals surface area contributed by atoms with Crippen molar-refractivity contribution in [2.24, 2.45) is 0 Å². The lowest BCUT2D eigenvalue weighted by molar-refractivity contribution is 0.264. The van der Waals surface area contributed by atoms with E-state index in [0.29, 0.717) is 18.5 Å². The fourth-order valence-electron chi connectivity index (χ4n) is 1.73. The van der Waals surface area contributed by atoms with Gasteiger partial charge >= 0.3 is 0 Å². The molecule has 1 aliphatic rings. The molecule has 1 N–H and O–H groups in total. The van der Waals surface area contributed by atoms with Crippen LogP contribution in [0.25, 0.3) is 0 Å². The first-order chi connectivity index (χ1) is 7.25. The molecule has 15 heavy (non-hydrogen) atoms. The molecule has 0 saturated carbocycles. The smallest absolute Gasteiger partial charge is 0.235 e. The molecule has 1 saturated heterocycles. The molecule has 2 heterocycles. The summed E-state index contributed by atoms with van der Waals surface area (Å²) in [5.74, 6) is 0.670. The lowest BCUT2D eigenvalue weighted by Gasteiger charge is -2.12. The summed E-state index contributed by atoms with van der Waals surface area (Å²) in [5.41, 5.74) is 1.76. The summed E-state index contributed by atoms with van der Waals surface area (Å²) in [4.78, 5) is 8.54. The van der Waals surface area contributed by atoms with E-state index in [9.17, 15) is 0 Å². The zero-order chi connectivity index (χ0) is 10.7. The molecule has 1 fully saturated rings. The number of rotatable bonds is 3. The molecule has 1 aliphatic heterocycles. The lowest BCUT2D eigenvalue weighted by Crippen LogP contribution is -2.28. The largest absolute Gasteiger partial charge is 0.475 e. The van der Waals surface area contributed by atoms with Crippen molar-refractivity contribution >= 4 is 0 Å². The number of nitrogens with one attached hydrogen (secondary N) is 1. The first-order valence-electron chi connectivity index (χ1n) is 5.42. The molecule has 4 heteroatoms. The van der Waals surface area contributed by atoms with Gasteiger partial charge in [0.1, 0.15) is 6.61 Å². The Balaban J connectivity index is 1.94. The Bertz CT molecular complexity index is 335. The summed E-state index contributed by atoms with van der Waals surface area (Å²) < 4.78 is 5.67. The second-order valence-electron chi connectivity index (χ2n) is 4.01. The highest BCUT2D eigenvalue weighted by molar-refractivity contribution is 5.18. The third-order valence-electron chi connectivity index (χ3n) is 2.62. The highest BCUT2D eigenvalue weighted by Crippen LogP contribution is 2.13. The maximum absolute atomic E-state index is 5.67. The van der Waals surface area contributed by atoms with Crippen molar-refractivity contribution in [2.45, 2.75) is 32.7 Å². The molecule has 0 bridgehead atoms. The standard InChI is InChI=1S/C11H17N3O/c1-8-6-13-9(2)11(14-8)15-7-10-4-3-5-12-10/h6,10,12H,3-5,7H2,1-2H3. The van der Waals surface area contributed by atoms with Gasteiger partial charge in [-0.3, -0.25) is 4.98 Å². The fraction of sp³-hybridized carbons (Fsp3) is 0.636. The van der Waals surface area contributed by atoms with Gasteiger partial charge in [-0.05, 0) is 33.2 Å². The third-order valence-corrected chi connectivity index (χ3v) is 2.62. The van der Waals surface area contributed by atoms with Crippen LogP contribution in [0, 0.1) is 13.8 Å². The topological polar surface area (TPSA) is 47.0 Å². The molecule has 1 atom stereocenters. The molecule has 0 spiro atoms. The van der Waals surface area contributed by atoms with Crippen molar-refractivity contribution < 1.29 is 4.74 Å². The Kier molecular flexibility index (Phi) is 3.16. The first kappa shape index (κ1) is 10.4. The Morgan fingerprint density at radius 3 is 3.13 bits per heavy atom. The van der Waals surface area contributed by atoms with E-state index >= 15 is 0 Å². The van der Waals surface area contributed by atoms with Crippen LogP contribution < -0.4 is 10.1 Å². The molecular formula is C11H17N3O. The molecule has 1 aromatic rings. The summed E-state index contributed by atoms with van der Waals surface area (Å²) in [7, 11) is 0. The molecule has 0 aromatic carbocycles.